The molecule has 0 spiro atoms. The van der Waals surface area contributed by atoms with E-state index >= 15 is 0 Å². The molecule has 5 nitrogen and oxygen atoms in total. The van der Waals surface area contributed by atoms with E-state index in [4.69, 9.17) is 5.73 Å². The molecule has 1 aromatic carbocycles. The molecular formula is C17H23N5. The SMILES string of the molecule is Cc1cccc(C(CN)N2CCN(c3ncccn3)CC2)c1. The second-order valence-corrected chi connectivity index (χ2v) is 5.74. The van der Waals surface area contributed by atoms with Crippen LogP contribution in [0.25, 0.3) is 0 Å². The predicted molar refractivity (Wildman–Crippen MR) is 88.8 cm³/mol. The van der Waals surface area contributed by atoms with Crippen molar-refractivity contribution in [3.8, 4) is 0 Å². The maximum absolute atomic E-state index is 6.05. The molecule has 2 aromatic rings. The number of anilines is 1. The van der Waals surface area contributed by atoms with E-state index in [0.29, 0.717) is 12.6 Å². The molecule has 0 saturated carbocycles. The molecule has 2 heterocycles. The van der Waals surface area contributed by atoms with E-state index in [9.17, 15) is 0 Å². The first-order chi connectivity index (χ1) is 10.8. The van der Waals surface area contributed by atoms with Crippen molar-refractivity contribution in [3.05, 3.63) is 53.9 Å². The second-order valence-electron chi connectivity index (χ2n) is 5.74. The van der Waals surface area contributed by atoms with E-state index in [1.54, 1.807) is 12.4 Å². The van der Waals surface area contributed by atoms with Gasteiger partial charge in [0.1, 0.15) is 0 Å². The van der Waals surface area contributed by atoms with Gasteiger partial charge in [0.05, 0.1) is 0 Å². The van der Waals surface area contributed by atoms with Crippen molar-refractivity contribution in [1.82, 2.24) is 14.9 Å². The van der Waals surface area contributed by atoms with Gasteiger partial charge in [0.25, 0.3) is 0 Å². The van der Waals surface area contributed by atoms with E-state index in [0.717, 1.165) is 32.1 Å². The number of piperazine rings is 1. The van der Waals surface area contributed by atoms with Crippen LogP contribution in [0.4, 0.5) is 5.95 Å². The maximum atomic E-state index is 6.05. The molecule has 0 radical (unpaired) electrons. The summed E-state index contributed by atoms with van der Waals surface area (Å²) in [5, 5.41) is 0. The van der Waals surface area contributed by atoms with Crippen LogP contribution in [0.5, 0.6) is 0 Å². The van der Waals surface area contributed by atoms with Crippen LogP contribution in [-0.2, 0) is 0 Å². The second kappa shape index (κ2) is 6.85. The third-order valence-corrected chi connectivity index (χ3v) is 4.24. The third-order valence-electron chi connectivity index (χ3n) is 4.24. The van der Waals surface area contributed by atoms with E-state index in [-0.39, 0.29) is 0 Å². The zero-order valence-electron chi connectivity index (χ0n) is 13.0. The lowest BCUT2D eigenvalue weighted by Crippen LogP contribution is -2.49. The molecule has 3 rings (SSSR count). The van der Waals surface area contributed by atoms with Crippen LogP contribution in [-0.4, -0.2) is 47.6 Å². The maximum Gasteiger partial charge on any atom is 0.225 e. The molecule has 1 fully saturated rings. The lowest BCUT2D eigenvalue weighted by atomic mass is 10.0. The van der Waals surface area contributed by atoms with Crippen molar-refractivity contribution in [3.63, 3.8) is 0 Å². The first-order valence-electron chi connectivity index (χ1n) is 7.80. The summed E-state index contributed by atoms with van der Waals surface area (Å²) in [7, 11) is 0. The molecular weight excluding hydrogens is 274 g/mol. The lowest BCUT2D eigenvalue weighted by molar-refractivity contribution is 0.189. The Kier molecular flexibility index (Phi) is 4.65. The normalized spacial score (nSPS) is 17.5. The minimum Gasteiger partial charge on any atom is -0.338 e. The lowest BCUT2D eigenvalue weighted by Gasteiger charge is -2.39. The molecule has 2 N–H and O–H groups in total. The van der Waals surface area contributed by atoms with Crippen LogP contribution in [0.1, 0.15) is 17.2 Å². The summed E-state index contributed by atoms with van der Waals surface area (Å²) in [4.78, 5) is 13.4. The smallest absolute Gasteiger partial charge is 0.225 e. The highest BCUT2D eigenvalue weighted by atomic mass is 15.3. The summed E-state index contributed by atoms with van der Waals surface area (Å²) in [5.74, 6) is 0.821. The molecule has 0 aliphatic carbocycles. The number of hydrogen-bond acceptors (Lipinski definition) is 5. The quantitative estimate of drug-likeness (QED) is 0.929. The summed E-state index contributed by atoms with van der Waals surface area (Å²) in [5.41, 5.74) is 8.65. The topological polar surface area (TPSA) is 58.3 Å². The van der Waals surface area contributed by atoms with Gasteiger partial charge in [-0.05, 0) is 18.6 Å². The number of hydrogen-bond donors (Lipinski definition) is 1. The van der Waals surface area contributed by atoms with Gasteiger partial charge in [0, 0.05) is 51.2 Å². The minimum absolute atomic E-state index is 0.291. The van der Waals surface area contributed by atoms with Gasteiger partial charge in [-0.3, -0.25) is 4.90 Å². The van der Waals surface area contributed by atoms with Crippen LogP contribution in [0, 0.1) is 6.92 Å². The average molecular weight is 297 g/mol. The number of nitrogens with zero attached hydrogens (tertiary/aromatic N) is 4. The fourth-order valence-electron chi connectivity index (χ4n) is 3.06. The van der Waals surface area contributed by atoms with E-state index < -0.39 is 0 Å². The molecule has 1 unspecified atom stereocenters. The van der Waals surface area contributed by atoms with Gasteiger partial charge in [0.15, 0.2) is 0 Å². The summed E-state index contributed by atoms with van der Waals surface area (Å²) in [6, 6.07) is 10.8. The van der Waals surface area contributed by atoms with Crippen molar-refractivity contribution in [2.75, 3.05) is 37.6 Å². The molecule has 5 heteroatoms. The Labute approximate surface area is 131 Å². The van der Waals surface area contributed by atoms with Crippen molar-refractivity contribution < 1.29 is 0 Å². The zero-order chi connectivity index (χ0) is 15.4. The molecule has 1 saturated heterocycles. The molecule has 1 aliphatic rings. The molecule has 22 heavy (non-hydrogen) atoms. The molecule has 0 bridgehead atoms. The van der Waals surface area contributed by atoms with Crippen molar-refractivity contribution in [2.45, 2.75) is 13.0 Å². The van der Waals surface area contributed by atoms with Gasteiger partial charge in [-0.15, -0.1) is 0 Å². The first-order valence-corrected chi connectivity index (χ1v) is 7.80. The Balaban J connectivity index is 1.67. The molecule has 116 valence electrons. The molecule has 0 amide bonds. The first kappa shape index (κ1) is 14.9. The number of aromatic nitrogens is 2. The summed E-state index contributed by atoms with van der Waals surface area (Å²) >= 11 is 0. The van der Waals surface area contributed by atoms with Crippen molar-refractivity contribution in [1.29, 1.82) is 0 Å². The molecule has 1 aliphatic heterocycles. The van der Waals surface area contributed by atoms with E-state index in [1.807, 2.05) is 6.07 Å². The van der Waals surface area contributed by atoms with Crippen LogP contribution >= 0.6 is 0 Å². The predicted octanol–water partition coefficient (Wildman–Crippen LogP) is 1.61. The standard InChI is InChI=1S/C17H23N5/c1-14-4-2-5-15(12-14)16(13-18)21-8-10-22(11-9-21)17-19-6-3-7-20-17/h2-7,12,16H,8-11,13,18H2,1H3. The summed E-state index contributed by atoms with van der Waals surface area (Å²) in [6.07, 6.45) is 3.59. The number of nitrogens with two attached hydrogens (primary N) is 1. The Hall–Kier alpha value is -1.98. The van der Waals surface area contributed by atoms with Gasteiger partial charge in [0.2, 0.25) is 5.95 Å². The Morgan fingerprint density at radius 3 is 2.45 bits per heavy atom. The fraction of sp³-hybridized carbons (Fsp3) is 0.412. The van der Waals surface area contributed by atoms with Crippen molar-refractivity contribution >= 4 is 5.95 Å². The van der Waals surface area contributed by atoms with E-state index in [1.165, 1.54) is 11.1 Å². The number of rotatable bonds is 4. The van der Waals surface area contributed by atoms with Crippen LogP contribution in [0.15, 0.2) is 42.7 Å². The highest BCUT2D eigenvalue weighted by Crippen LogP contribution is 2.23. The van der Waals surface area contributed by atoms with Crippen LogP contribution in [0.3, 0.4) is 0 Å². The minimum atomic E-state index is 0.291. The van der Waals surface area contributed by atoms with Gasteiger partial charge in [-0.2, -0.15) is 0 Å². The van der Waals surface area contributed by atoms with Crippen molar-refractivity contribution in [2.24, 2.45) is 5.73 Å². The zero-order valence-corrected chi connectivity index (χ0v) is 13.0. The highest BCUT2D eigenvalue weighted by Gasteiger charge is 2.25. The van der Waals surface area contributed by atoms with E-state index in [2.05, 4.69) is 51.0 Å². The van der Waals surface area contributed by atoms with Gasteiger partial charge in [-0.25, -0.2) is 9.97 Å². The Bertz CT molecular complexity index is 593. The number of benzene rings is 1. The van der Waals surface area contributed by atoms with Gasteiger partial charge >= 0.3 is 0 Å². The third kappa shape index (κ3) is 3.26. The summed E-state index contributed by atoms with van der Waals surface area (Å²) in [6.45, 7) is 6.60. The Morgan fingerprint density at radius 2 is 1.82 bits per heavy atom. The Morgan fingerprint density at radius 1 is 1.09 bits per heavy atom. The van der Waals surface area contributed by atoms with Crippen LogP contribution in [0.2, 0.25) is 0 Å². The van der Waals surface area contributed by atoms with Gasteiger partial charge < -0.3 is 10.6 Å². The van der Waals surface area contributed by atoms with Crippen LogP contribution < -0.4 is 10.6 Å². The average Bonchev–Trinajstić information content (AvgIpc) is 2.57. The molecule has 1 aromatic heterocycles. The van der Waals surface area contributed by atoms with Gasteiger partial charge in [-0.1, -0.05) is 29.8 Å². The monoisotopic (exact) mass is 297 g/mol. The largest absolute Gasteiger partial charge is 0.338 e. The molecule has 1 atom stereocenters. The fourth-order valence-corrected chi connectivity index (χ4v) is 3.06. The highest BCUT2D eigenvalue weighted by molar-refractivity contribution is 5.30. The summed E-state index contributed by atoms with van der Waals surface area (Å²) < 4.78 is 0. The number of aryl methyl sites for hydroxylation is 1.